The number of piperidine rings is 4. The topological polar surface area (TPSA) is 186 Å². The molecule has 5 N–H and O–H groups in total. The average molecular weight is 834 g/mol. The fraction of sp³-hybridized carbons (Fsp3) is 0.455. The third-order valence-corrected chi connectivity index (χ3v) is 12.9. The van der Waals surface area contributed by atoms with Gasteiger partial charge in [0.2, 0.25) is 23.6 Å². The van der Waals surface area contributed by atoms with Crippen LogP contribution in [0.1, 0.15) is 75.0 Å². The van der Waals surface area contributed by atoms with Crippen molar-refractivity contribution in [3.8, 4) is 5.88 Å². The number of amides is 3. The van der Waals surface area contributed by atoms with E-state index < -0.39 is 29.0 Å². The van der Waals surface area contributed by atoms with E-state index >= 15 is 4.39 Å². The van der Waals surface area contributed by atoms with Gasteiger partial charge in [0.15, 0.2) is 0 Å². The standard InChI is InChI=1S/C44H52FN11O5/c45-36-23-33(51-37-5-7-39(57)52-42(37)59)4-6-38(36)53-21-14-43(60,15-22-53)24-41(58)54-17-9-34(10-18-54)56-29-32(28-50-56)44(13-8-30(25-47-44)31-26-48-49-27-31)55-19-11-35(12-20-55)61-40-3-1-2-16-46-40/h1-4,6,8,13,16,23,25-29,34-35,37,47,51,60H,5,7,9-12,14-15,17-22,24H2,(H,48,49)(H,52,57,59). The molecule has 3 amide bonds. The molecule has 0 aliphatic carbocycles. The number of anilines is 2. The smallest absolute Gasteiger partial charge is 0.249 e. The molecule has 5 aliphatic rings. The van der Waals surface area contributed by atoms with Crippen LogP contribution in [0.15, 0.2) is 85.7 Å². The lowest BCUT2D eigenvalue weighted by atomic mass is 9.87. The first-order valence-electron chi connectivity index (χ1n) is 21.3. The Labute approximate surface area is 353 Å². The van der Waals surface area contributed by atoms with Crippen LogP contribution in [-0.4, -0.2) is 115 Å². The number of hydrogen-bond acceptors (Lipinski definition) is 12. The van der Waals surface area contributed by atoms with Gasteiger partial charge in [0.25, 0.3) is 0 Å². The van der Waals surface area contributed by atoms with Gasteiger partial charge in [-0.2, -0.15) is 10.2 Å². The molecular formula is C44H52FN11O5. The SMILES string of the molecule is O=C1CCC(Nc2ccc(N3CCC(O)(CC(=O)N4CCC(n5cc(C6(N7CCC(Oc8ccccn8)CC7)C=CC(c7cn[nH]c7)=CN6)cn5)CC4)CC3)c(F)c2)C(=O)N1. The number of hydrogen-bond donors (Lipinski definition) is 5. The molecule has 16 nitrogen and oxygen atoms in total. The molecule has 8 heterocycles. The third-order valence-electron chi connectivity index (χ3n) is 12.9. The predicted octanol–water partition coefficient (Wildman–Crippen LogP) is 3.84. The number of ether oxygens (including phenoxy) is 1. The Morgan fingerprint density at radius 3 is 2.51 bits per heavy atom. The van der Waals surface area contributed by atoms with Crippen LogP contribution in [0.2, 0.25) is 0 Å². The van der Waals surface area contributed by atoms with Crippen LogP contribution in [0, 0.1) is 5.82 Å². The summed E-state index contributed by atoms with van der Waals surface area (Å²) in [5.41, 5.74) is 2.11. The summed E-state index contributed by atoms with van der Waals surface area (Å²) in [5.74, 6) is -0.605. The van der Waals surface area contributed by atoms with E-state index in [9.17, 15) is 19.5 Å². The molecule has 2 atom stereocenters. The molecular weight excluding hydrogens is 782 g/mol. The number of H-pyrrole nitrogens is 1. The van der Waals surface area contributed by atoms with Gasteiger partial charge in [0.1, 0.15) is 23.6 Å². The number of benzene rings is 1. The zero-order chi connectivity index (χ0) is 42.0. The molecule has 4 aromatic rings. The zero-order valence-corrected chi connectivity index (χ0v) is 34.0. The van der Waals surface area contributed by atoms with E-state index in [1.807, 2.05) is 51.3 Å². The van der Waals surface area contributed by atoms with Gasteiger partial charge >= 0.3 is 0 Å². The number of imide groups is 1. The highest BCUT2D eigenvalue weighted by molar-refractivity contribution is 6.01. The summed E-state index contributed by atoms with van der Waals surface area (Å²) in [7, 11) is 0. The van der Waals surface area contributed by atoms with Crippen LogP contribution >= 0.6 is 0 Å². The Bertz CT molecular complexity index is 2260. The molecule has 3 aromatic heterocycles. The zero-order valence-electron chi connectivity index (χ0n) is 34.0. The van der Waals surface area contributed by atoms with Crippen molar-refractivity contribution in [2.75, 3.05) is 49.5 Å². The quantitative estimate of drug-likeness (QED) is 0.138. The van der Waals surface area contributed by atoms with Crippen LogP contribution in [0.5, 0.6) is 5.88 Å². The number of nitrogens with one attached hydrogen (secondary N) is 4. The number of pyridine rings is 1. The summed E-state index contributed by atoms with van der Waals surface area (Å²) in [6.45, 7) is 3.52. The van der Waals surface area contributed by atoms with Crippen molar-refractivity contribution in [3.05, 3.63) is 103 Å². The summed E-state index contributed by atoms with van der Waals surface area (Å²) in [6, 6.07) is 9.94. The van der Waals surface area contributed by atoms with Crippen molar-refractivity contribution in [1.29, 1.82) is 0 Å². The first-order valence-corrected chi connectivity index (χ1v) is 21.3. The Balaban J connectivity index is 0.786. The highest BCUT2D eigenvalue weighted by Crippen LogP contribution is 2.37. The third kappa shape index (κ3) is 8.75. The minimum atomic E-state index is -1.18. The van der Waals surface area contributed by atoms with E-state index in [0.29, 0.717) is 62.7 Å². The molecule has 61 heavy (non-hydrogen) atoms. The summed E-state index contributed by atoms with van der Waals surface area (Å²) < 4.78 is 23.6. The number of carbonyl (C=O) groups excluding carboxylic acids is 3. The maximum absolute atomic E-state index is 15.3. The largest absolute Gasteiger partial charge is 0.474 e. The van der Waals surface area contributed by atoms with Crippen molar-refractivity contribution in [2.45, 2.75) is 87.2 Å². The van der Waals surface area contributed by atoms with Crippen molar-refractivity contribution < 1.29 is 28.6 Å². The van der Waals surface area contributed by atoms with E-state index in [-0.39, 0.29) is 36.8 Å². The molecule has 0 bridgehead atoms. The van der Waals surface area contributed by atoms with Crippen molar-refractivity contribution in [3.63, 3.8) is 0 Å². The number of aromatic amines is 1. The summed E-state index contributed by atoms with van der Waals surface area (Å²) in [5, 5.41) is 32.5. The number of aliphatic hydroxyl groups is 1. The molecule has 0 radical (unpaired) electrons. The lowest BCUT2D eigenvalue weighted by Gasteiger charge is -2.46. The summed E-state index contributed by atoms with van der Waals surface area (Å²) in [4.78, 5) is 47.7. The number of allylic oxidation sites excluding steroid dienone is 2. The van der Waals surface area contributed by atoms with Crippen molar-refractivity contribution in [2.24, 2.45) is 0 Å². The Kier molecular flexibility index (Phi) is 11.3. The van der Waals surface area contributed by atoms with Gasteiger partial charge in [-0.1, -0.05) is 12.1 Å². The van der Waals surface area contributed by atoms with E-state index in [2.05, 4.69) is 54.4 Å². The normalized spacial score (nSPS) is 23.9. The average Bonchev–Trinajstić information content (AvgIpc) is 4.01. The monoisotopic (exact) mass is 833 g/mol. The van der Waals surface area contributed by atoms with Crippen molar-refractivity contribution >= 4 is 34.7 Å². The second-order valence-corrected chi connectivity index (χ2v) is 16.8. The maximum atomic E-state index is 15.3. The van der Waals surface area contributed by atoms with Crippen LogP contribution in [0.3, 0.4) is 0 Å². The number of likely N-dealkylation sites (tertiary alicyclic amines) is 2. The minimum Gasteiger partial charge on any atom is -0.474 e. The second kappa shape index (κ2) is 17.1. The lowest BCUT2D eigenvalue weighted by Crippen LogP contribution is -2.57. The molecule has 17 heteroatoms. The summed E-state index contributed by atoms with van der Waals surface area (Å²) >= 11 is 0. The molecule has 320 valence electrons. The van der Waals surface area contributed by atoms with Gasteiger partial charge in [0.05, 0.1) is 36.1 Å². The number of rotatable bonds is 11. The predicted molar refractivity (Wildman–Crippen MR) is 224 cm³/mol. The highest BCUT2D eigenvalue weighted by Gasteiger charge is 2.42. The second-order valence-electron chi connectivity index (χ2n) is 16.8. The van der Waals surface area contributed by atoms with Gasteiger partial charge in [-0.05, 0) is 75.3 Å². The van der Waals surface area contributed by atoms with Crippen LogP contribution in [0.25, 0.3) is 5.57 Å². The number of halogens is 1. The number of dihydropyridines is 1. The Morgan fingerprint density at radius 2 is 1.82 bits per heavy atom. The Morgan fingerprint density at radius 1 is 1.00 bits per heavy atom. The minimum absolute atomic E-state index is 0.0210. The highest BCUT2D eigenvalue weighted by atomic mass is 19.1. The number of aromatic nitrogens is 5. The van der Waals surface area contributed by atoms with Crippen LogP contribution < -0.4 is 25.6 Å². The van der Waals surface area contributed by atoms with E-state index in [4.69, 9.17) is 9.84 Å². The van der Waals surface area contributed by atoms with Crippen LogP contribution in [-0.2, 0) is 20.0 Å². The number of carbonyl (C=O) groups is 3. The Hall–Kier alpha value is -6.07. The summed E-state index contributed by atoms with van der Waals surface area (Å²) in [6.07, 6.45) is 20.4. The molecule has 5 aliphatic heterocycles. The first-order chi connectivity index (χ1) is 29.6. The fourth-order valence-corrected chi connectivity index (χ4v) is 9.29. The molecule has 2 unspecified atom stereocenters. The molecule has 0 spiro atoms. The molecule has 9 rings (SSSR count). The number of nitrogens with zero attached hydrogens (tertiary/aromatic N) is 7. The van der Waals surface area contributed by atoms with Crippen LogP contribution in [0.4, 0.5) is 15.8 Å². The van der Waals surface area contributed by atoms with Gasteiger partial charge in [-0.15, -0.1) is 0 Å². The van der Waals surface area contributed by atoms with Gasteiger partial charge in [0, 0.05) is 98.9 Å². The van der Waals surface area contributed by atoms with Gasteiger partial charge < -0.3 is 30.3 Å². The molecule has 4 fully saturated rings. The molecule has 4 saturated heterocycles. The van der Waals surface area contributed by atoms with Gasteiger partial charge in [-0.3, -0.25) is 34.4 Å². The lowest BCUT2D eigenvalue weighted by molar-refractivity contribution is -0.139. The van der Waals surface area contributed by atoms with E-state index in [1.165, 1.54) is 6.07 Å². The van der Waals surface area contributed by atoms with E-state index in [1.54, 1.807) is 24.5 Å². The fourth-order valence-electron chi connectivity index (χ4n) is 9.29. The molecule has 0 saturated carbocycles. The molecule has 1 aromatic carbocycles. The van der Waals surface area contributed by atoms with E-state index in [0.717, 1.165) is 55.5 Å². The van der Waals surface area contributed by atoms with Crippen molar-refractivity contribution in [1.82, 2.24) is 45.4 Å². The van der Waals surface area contributed by atoms with Gasteiger partial charge in [-0.25, -0.2) is 9.37 Å². The maximum Gasteiger partial charge on any atom is 0.249 e. The first kappa shape index (κ1) is 40.3.